The van der Waals surface area contributed by atoms with Crippen molar-refractivity contribution in [1.29, 1.82) is 0 Å². The number of nitrogens with one attached hydrogen (secondary N) is 1. The van der Waals surface area contributed by atoms with Gasteiger partial charge in [-0.3, -0.25) is 4.68 Å². The zero-order chi connectivity index (χ0) is 22.2. The minimum Gasteiger partial charge on any atom is -0.464 e. The number of fused-ring (bicyclic) bond motifs is 1. The van der Waals surface area contributed by atoms with Crippen LogP contribution in [0.2, 0.25) is 5.02 Å². The third kappa shape index (κ3) is 3.54. The van der Waals surface area contributed by atoms with E-state index in [1.54, 1.807) is 54.8 Å². The van der Waals surface area contributed by atoms with Crippen LogP contribution in [0.1, 0.15) is 0 Å². The van der Waals surface area contributed by atoms with Crippen molar-refractivity contribution in [2.75, 3.05) is 5.32 Å². The van der Waals surface area contributed by atoms with Gasteiger partial charge in [0.25, 0.3) is 0 Å². The average Bonchev–Trinajstić information content (AvgIpc) is 3.39. The molecular weight excluding hydrogens is 430 g/mol. The molecule has 32 heavy (non-hydrogen) atoms. The molecule has 0 atom stereocenters. The molecule has 0 fully saturated rings. The lowest BCUT2D eigenvalue weighted by Gasteiger charge is -2.10. The molecule has 2 N–H and O–H groups in total. The maximum absolute atomic E-state index is 12.0. The van der Waals surface area contributed by atoms with Crippen LogP contribution in [0.3, 0.4) is 0 Å². The van der Waals surface area contributed by atoms with Crippen LogP contribution in [0.4, 0.5) is 16.3 Å². The Morgan fingerprint density at radius 1 is 1.03 bits per heavy atom. The highest BCUT2D eigenvalue weighted by Gasteiger charge is 2.18. The minimum atomic E-state index is -1.09. The summed E-state index contributed by atoms with van der Waals surface area (Å²) in [5.74, 6) is 0.466. The number of anilines is 2. The molecule has 0 aliphatic rings. The molecule has 5 aromatic rings. The molecule has 0 spiro atoms. The topological polar surface area (TPSA) is 111 Å². The first-order chi connectivity index (χ1) is 15.5. The number of rotatable bonds is 4. The summed E-state index contributed by atoms with van der Waals surface area (Å²) in [6, 6.07) is 8.99. The van der Waals surface area contributed by atoms with E-state index in [1.165, 1.54) is 10.9 Å². The molecule has 0 saturated carbocycles. The summed E-state index contributed by atoms with van der Waals surface area (Å²) in [6.07, 6.45) is 8.81. The van der Waals surface area contributed by atoms with Crippen molar-refractivity contribution < 1.29 is 9.90 Å². The van der Waals surface area contributed by atoms with Gasteiger partial charge >= 0.3 is 6.09 Å². The van der Waals surface area contributed by atoms with Gasteiger partial charge in [0.2, 0.25) is 0 Å². The minimum absolute atomic E-state index is 0.466. The number of hydrogen-bond donors (Lipinski definition) is 2. The van der Waals surface area contributed by atoms with Gasteiger partial charge in [-0.2, -0.15) is 5.10 Å². The van der Waals surface area contributed by atoms with Crippen molar-refractivity contribution >= 4 is 40.1 Å². The summed E-state index contributed by atoms with van der Waals surface area (Å²) in [5, 5.41) is 18.3. The van der Waals surface area contributed by atoms with E-state index < -0.39 is 6.09 Å². The maximum atomic E-state index is 12.0. The molecule has 1 aromatic carbocycles. The van der Waals surface area contributed by atoms with Gasteiger partial charge in [0, 0.05) is 54.4 Å². The lowest BCUT2D eigenvalue weighted by Crippen LogP contribution is -2.09. The van der Waals surface area contributed by atoms with Crippen molar-refractivity contribution in [3.05, 3.63) is 72.7 Å². The van der Waals surface area contributed by atoms with Crippen LogP contribution in [-0.4, -0.2) is 40.5 Å². The molecule has 0 radical (unpaired) electrons. The van der Waals surface area contributed by atoms with Gasteiger partial charge in [0.1, 0.15) is 12.1 Å². The highest BCUT2D eigenvalue weighted by Crippen LogP contribution is 2.32. The Hall–Kier alpha value is -4.24. The van der Waals surface area contributed by atoms with Crippen molar-refractivity contribution in [1.82, 2.24) is 29.3 Å². The molecular formula is C22H16ClN7O2. The van der Waals surface area contributed by atoms with Gasteiger partial charge in [0.05, 0.1) is 28.1 Å². The zero-order valence-corrected chi connectivity index (χ0v) is 17.5. The molecule has 0 unspecified atom stereocenters. The zero-order valence-electron chi connectivity index (χ0n) is 16.8. The summed E-state index contributed by atoms with van der Waals surface area (Å²) < 4.78 is 2.84. The Morgan fingerprint density at radius 3 is 2.53 bits per heavy atom. The second-order valence-corrected chi connectivity index (χ2v) is 7.53. The number of halogens is 1. The largest absolute Gasteiger partial charge is 0.464 e. The fourth-order valence-electron chi connectivity index (χ4n) is 3.52. The number of carbonyl (C=O) groups is 1. The monoisotopic (exact) mass is 445 g/mol. The SMILES string of the molecule is Cn1cc(-c2cc3cnc(Nc4ccc(-c5cncnc5)cc4Cl)cc3n2C(=O)O)cn1. The first kappa shape index (κ1) is 19.7. The number of benzene rings is 1. The van der Waals surface area contributed by atoms with Gasteiger partial charge in [-0.05, 0) is 23.8 Å². The summed E-state index contributed by atoms with van der Waals surface area (Å²) in [7, 11) is 1.78. The van der Waals surface area contributed by atoms with Crippen LogP contribution >= 0.6 is 11.6 Å². The quantitative estimate of drug-likeness (QED) is 0.408. The van der Waals surface area contributed by atoms with E-state index in [9.17, 15) is 9.90 Å². The van der Waals surface area contributed by atoms with Gasteiger partial charge in [-0.1, -0.05) is 17.7 Å². The van der Waals surface area contributed by atoms with Crippen LogP contribution in [0.25, 0.3) is 33.3 Å². The van der Waals surface area contributed by atoms with E-state index in [2.05, 4.69) is 25.4 Å². The van der Waals surface area contributed by atoms with E-state index in [-0.39, 0.29) is 0 Å². The fourth-order valence-corrected chi connectivity index (χ4v) is 3.75. The Morgan fingerprint density at radius 2 is 1.84 bits per heavy atom. The van der Waals surface area contributed by atoms with E-state index >= 15 is 0 Å². The molecule has 4 heterocycles. The second-order valence-electron chi connectivity index (χ2n) is 7.13. The van der Waals surface area contributed by atoms with Crippen molar-refractivity contribution in [3.63, 3.8) is 0 Å². The van der Waals surface area contributed by atoms with Crippen LogP contribution < -0.4 is 5.32 Å². The molecule has 0 bridgehead atoms. The molecule has 0 saturated heterocycles. The number of nitrogens with zero attached hydrogens (tertiary/aromatic N) is 6. The fraction of sp³-hybridized carbons (Fsp3) is 0.0455. The molecule has 4 aromatic heterocycles. The van der Waals surface area contributed by atoms with Crippen molar-refractivity contribution in [2.24, 2.45) is 7.05 Å². The summed E-state index contributed by atoms with van der Waals surface area (Å²) in [5.41, 5.74) is 4.09. The van der Waals surface area contributed by atoms with Gasteiger partial charge < -0.3 is 10.4 Å². The number of hydrogen-bond acceptors (Lipinski definition) is 6. The summed E-state index contributed by atoms with van der Waals surface area (Å²) in [4.78, 5) is 24.5. The van der Waals surface area contributed by atoms with E-state index in [1.807, 2.05) is 18.2 Å². The second kappa shape index (κ2) is 7.78. The number of aryl methyl sites for hydroxylation is 1. The maximum Gasteiger partial charge on any atom is 0.416 e. The molecule has 10 heteroatoms. The summed E-state index contributed by atoms with van der Waals surface area (Å²) in [6.45, 7) is 0. The molecule has 5 rings (SSSR count). The Balaban J connectivity index is 1.51. The predicted molar refractivity (Wildman–Crippen MR) is 121 cm³/mol. The average molecular weight is 446 g/mol. The van der Waals surface area contributed by atoms with Crippen LogP contribution in [0.5, 0.6) is 0 Å². The van der Waals surface area contributed by atoms with Crippen LogP contribution in [0.15, 0.2) is 67.6 Å². The first-order valence-corrected chi connectivity index (χ1v) is 9.93. The van der Waals surface area contributed by atoms with Crippen LogP contribution in [-0.2, 0) is 7.05 Å². The smallest absolute Gasteiger partial charge is 0.416 e. The molecule has 9 nitrogen and oxygen atoms in total. The molecule has 158 valence electrons. The standard InChI is InChI=1S/C22H16ClN7O2/c1-29-11-16(10-27-29)19-5-14-9-26-21(6-20(14)30(19)22(31)32)28-18-3-2-13(4-17(18)23)15-7-24-12-25-8-15/h2-12H,1H3,(H,26,28)(H,31,32). The molecule has 0 aliphatic heterocycles. The summed E-state index contributed by atoms with van der Waals surface area (Å²) >= 11 is 6.48. The Bertz CT molecular complexity index is 1460. The van der Waals surface area contributed by atoms with Crippen molar-refractivity contribution in [2.45, 2.75) is 0 Å². The Labute approximate surface area is 187 Å². The molecule has 0 amide bonds. The van der Waals surface area contributed by atoms with Gasteiger partial charge in [-0.25, -0.2) is 24.3 Å². The highest BCUT2D eigenvalue weighted by atomic mass is 35.5. The lowest BCUT2D eigenvalue weighted by molar-refractivity contribution is 0.198. The van der Waals surface area contributed by atoms with Crippen LogP contribution in [0, 0.1) is 0 Å². The highest BCUT2D eigenvalue weighted by molar-refractivity contribution is 6.33. The normalized spacial score (nSPS) is 11.1. The first-order valence-electron chi connectivity index (χ1n) is 9.55. The third-order valence-corrected chi connectivity index (χ3v) is 5.32. The van der Waals surface area contributed by atoms with Gasteiger partial charge in [0.15, 0.2) is 0 Å². The van der Waals surface area contributed by atoms with Gasteiger partial charge in [-0.15, -0.1) is 0 Å². The van der Waals surface area contributed by atoms with E-state index in [4.69, 9.17) is 11.6 Å². The number of pyridine rings is 1. The van der Waals surface area contributed by atoms with E-state index in [0.717, 1.165) is 11.1 Å². The predicted octanol–water partition coefficient (Wildman–Crippen LogP) is 4.82. The van der Waals surface area contributed by atoms with E-state index in [0.29, 0.717) is 38.7 Å². The Kier molecular flexibility index (Phi) is 4.79. The van der Waals surface area contributed by atoms with Crippen molar-refractivity contribution in [3.8, 4) is 22.4 Å². The number of aromatic nitrogens is 6. The lowest BCUT2D eigenvalue weighted by atomic mass is 10.1. The molecule has 0 aliphatic carbocycles. The number of carboxylic acid groups (broad SMARTS) is 1. The third-order valence-electron chi connectivity index (χ3n) is 5.00.